The molecule has 2 rings (SSSR count). The van der Waals surface area contributed by atoms with E-state index in [9.17, 15) is 4.79 Å². The van der Waals surface area contributed by atoms with Crippen LogP contribution in [-0.4, -0.2) is 18.7 Å². The number of unbranched alkanes of at least 4 members (excludes halogenated alkanes) is 1. The van der Waals surface area contributed by atoms with Crippen LogP contribution in [0.3, 0.4) is 0 Å². The Morgan fingerprint density at radius 2 is 2.28 bits per heavy atom. The molecule has 0 saturated carbocycles. The molecule has 3 heteroatoms. The fraction of sp³-hybridized carbons (Fsp3) is 0.667. The molecule has 100 valence electrons. The monoisotopic (exact) mass is 250 g/mol. The van der Waals surface area contributed by atoms with Crippen LogP contribution in [0.25, 0.3) is 0 Å². The summed E-state index contributed by atoms with van der Waals surface area (Å²) in [6, 6.07) is 0. The lowest BCUT2D eigenvalue weighted by Crippen LogP contribution is -2.18. The van der Waals surface area contributed by atoms with Gasteiger partial charge in [0, 0.05) is 5.92 Å². The van der Waals surface area contributed by atoms with Gasteiger partial charge in [0.25, 0.3) is 0 Å². The molecule has 0 saturated heterocycles. The molecule has 1 aliphatic carbocycles. The van der Waals surface area contributed by atoms with E-state index in [2.05, 4.69) is 13.0 Å². The van der Waals surface area contributed by atoms with Gasteiger partial charge in [-0.05, 0) is 39.2 Å². The highest BCUT2D eigenvalue weighted by Gasteiger charge is 2.41. The number of hydrogen-bond donors (Lipinski definition) is 0. The molecule has 1 aliphatic heterocycles. The zero-order chi connectivity index (χ0) is 13.1. The van der Waals surface area contributed by atoms with Crippen molar-refractivity contribution in [2.75, 3.05) is 6.61 Å². The number of carbonyl (C=O) groups excluding carboxylic acids is 1. The van der Waals surface area contributed by atoms with Gasteiger partial charge in [-0.1, -0.05) is 18.9 Å². The lowest BCUT2D eigenvalue weighted by atomic mass is 9.94. The Bertz CT molecular complexity index is 393. The zero-order valence-electron chi connectivity index (χ0n) is 11.5. The Hall–Kier alpha value is -1.25. The summed E-state index contributed by atoms with van der Waals surface area (Å²) in [4.78, 5) is 11.9. The summed E-state index contributed by atoms with van der Waals surface area (Å²) < 4.78 is 10.9. The lowest BCUT2D eigenvalue weighted by Gasteiger charge is -2.11. The van der Waals surface area contributed by atoms with Gasteiger partial charge in [0.2, 0.25) is 0 Å². The summed E-state index contributed by atoms with van der Waals surface area (Å²) in [6.07, 6.45) is 6.76. The average molecular weight is 250 g/mol. The first-order valence-electron chi connectivity index (χ1n) is 6.91. The van der Waals surface area contributed by atoms with Crippen LogP contribution in [0.4, 0.5) is 0 Å². The fourth-order valence-electron chi connectivity index (χ4n) is 2.82. The number of allylic oxidation sites excluding steroid dienone is 2. The molecule has 3 nitrogen and oxygen atoms in total. The maximum absolute atomic E-state index is 11.9. The topological polar surface area (TPSA) is 35.5 Å². The molecule has 0 unspecified atom stereocenters. The molecule has 0 spiro atoms. The number of esters is 1. The van der Waals surface area contributed by atoms with Crippen molar-refractivity contribution in [1.29, 1.82) is 0 Å². The zero-order valence-corrected chi connectivity index (χ0v) is 11.5. The highest BCUT2D eigenvalue weighted by molar-refractivity contribution is 5.90. The summed E-state index contributed by atoms with van der Waals surface area (Å²) in [5, 5.41) is 0. The molecular weight excluding hydrogens is 228 g/mol. The van der Waals surface area contributed by atoms with Crippen LogP contribution in [0.1, 0.15) is 46.5 Å². The van der Waals surface area contributed by atoms with Crippen LogP contribution in [0.5, 0.6) is 0 Å². The summed E-state index contributed by atoms with van der Waals surface area (Å²) in [7, 11) is 0. The van der Waals surface area contributed by atoms with Crippen LogP contribution in [0.15, 0.2) is 23.0 Å². The van der Waals surface area contributed by atoms with Gasteiger partial charge in [-0.3, -0.25) is 0 Å². The van der Waals surface area contributed by atoms with E-state index in [1.54, 1.807) is 0 Å². The second-order valence-corrected chi connectivity index (χ2v) is 5.01. The highest BCUT2D eigenvalue weighted by Crippen LogP contribution is 2.42. The number of carbonyl (C=O) groups is 1. The number of ether oxygens (including phenoxy) is 2. The summed E-state index contributed by atoms with van der Waals surface area (Å²) in [5.74, 6) is 0.734. The second-order valence-electron chi connectivity index (χ2n) is 5.01. The predicted molar refractivity (Wildman–Crippen MR) is 69.9 cm³/mol. The Kier molecular flexibility index (Phi) is 4.10. The molecule has 0 N–H and O–H groups in total. The van der Waals surface area contributed by atoms with E-state index >= 15 is 0 Å². The predicted octanol–water partition coefficient (Wildman–Crippen LogP) is 3.36. The molecule has 0 aromatic heterocycles. The van der Waals surface area contributed by atoms with Gasteiger partial charge in [0.15, 0.2) is 0 Å². The maximum atomic E-state index is 11.9. The molecule has 18 heavy (non-hydrogen) atoms. The molecule has 0 radical (unpaired) electrons. The van der Waals surface area contributed by atoms with E-state index in [0.717, 1.165) is 24.2 Å². The van der Waals surface area contributed by atoms with Crippen molar-refractivity contribution >= 4 is 5.97 Å². The molecule has 0 bridgehead atoms. The largest absolute Gasteiger partial charge is 0.490 e. The van der Waals surface area contributed by atoms with E-state index in [-0.39, 0.29) is 18.0 Å². The first-order chi connectivity index (χ1) is 8.67. The number of hydrogen-bond acceptors (Lipinski definition) is 3. The molecule has 0 aromatic carbocycles. The van der Waals surface area contributed by atoms with Crippen LogP contribution < -0.4 is 0 Å². The van der Waals surface area contributed by atoms with E-state index in [1.165, 1.54) is 18.4 Å². The molecule has 2 atom stereocenters. The Balaban J connectivity index is 2.03. The van der Waals surface area contributed by atoms with Gasteiger partial charge in [0.05, 0.1) is 12.2 Å². The molecular formula is C15H22O3. The third kappa shape index (κ3) is 2.45. The van der Waals surface area contributed by atoms with Crippen molar-refractivity contribution in [3.8, 4) is 0 Å². The van der Waals surface area contributed by atoms with Gasteiger partial charge >= 0.3 is 5.97 Å². The minimum Gasteiger partial charge on any atom is -0.490 e. The lowest BCUT2D eigenvalue weighted by molar-refractivity contribution is -0.139. The summed E-state index contributed by atoms with van der Waals surface area (Å²) in [6.45, 7) is 6.31. The third-order valence-corrected chi connectivity index (χ3v) is 3.69. The first kappa shape index (κ1) is 13.2. The van der Waals surface area contributed by atoms with Gasteiger partial charge in [-0.15, -0.1) is 0 Å². The van der Waals surface area contributed by atoms with Crippen molar-refractivity contribution in [3.05, 3.63) is 23.0 Å². The number of rotatable bonds is 5. The molecule has 0 amide bonds. The molecule has 2 aliphatic rings. The smallest absolute Gasteiger partial charge is 0.337 e. The van der Waals surface area contributed by atoms with E-state index < -0.39 is 0 Å². The second kappa shape index (κ2) is 5.59. The summed E-state index contributed by atoms with van der Waals surface area (Å²) >= 11 is 0. The maximum Gasteiger partial charge on any atom is 0.337 e. The summed E-state index contributed by atoms with van der Waals surface area (Å²) in [5.41, 5.74) is 2.19. The SMILES string of the molecule is CCCCC1=C[C@@H]2OC(C)=C(C(=O)OCC)[C@@H]2C1. The minimum atomic E-state index is -0.201. The van der Waals surface area contributed by atoms with Crippen molar-refractivity contribution in [1.82, 2.24) is 0 Å². The Morgan fingerprint density at radius 3 is 2.94 bits per heavy atom. The van der Waals surface area contributed by atoms with Crippen LogP contribution in [0.2, 0.25) is 0 Å². The van der Waals surface area contributed by atoms with E-state index in [1.807, 2.05) is 13.8 Å². The van der Waals surface area contributed by atoms with Crippen LogP contribution in [-0.2, 0) is 14.3 Å². The van der Waals surface area contributed by atoms with Gasteiger partial charge in [-0.25, -0.2) is 4.79 Å². The van der Waals surface area contributed by atoms with Gasteiger partial charge in [0.1, 0.15) is 11.9 Å². The standard InChI is InChI=1S/C15H22O3/c1-4-6-7-11-8-12-13(9-11)18-10(3)14(12)15(16)17-5-2/h9,12-13H,4-8H2,1-3H3/t12-,13+/m1/s1. The highest BCUT2D eigenvalue weighted by atomic mass is 16.5. The van der Waals surface area contributed by atoms with Crippen LogP contribution in [0, 0.1) is 5.92 Å². The Labute approximate surface area is 109 Å². The van der Waals surface area contributed by atoms with Crippen molar-refractivity contribution in [3.63, 3.8) is 0 Å². The normalized spacial score (nSPS) is 25.8. The first-order valence-corrected chi connectivity index (χ1v) is 6.91. The van der Waals surface area contributed by atoms with Crippen molar-refractivity contribution < 1.29 is 14.3 Å². The average Bonchev–Trinajstić information content (AvgIpc) is 2.82. The Morgan fingerprint density at radius 1 is 1.50 bits per heavy atom. The van der Waals surface area contributed by atoms with Gasteiger partial charge in [-0.2, -0.15) is 0 Å². The third-order valence-electron chi connectivity index (χ3n) is 3.69. The molecule has 1 heterocycles. The van der Waals surface area contributed by atoms with Crippen molar-refractivity contribution in [2.24, 2.45) is 5.92 Å². The van der Waals surface area contributed by atoms with E-state index in [4.69, 9.17) is 9.47 Å². The van der Waals surface area contributed by atoms with Crippen molar-refractivity contribution in [2.45, 2.75) is 52.6 Å². The van der Waals surface area contributed by atoms with E-state index in [0.29, 0.717) is 6.61 Å². The number of fused-ring (bicyclic) bond motifs is 1. The molecule has 0 aromatic rings. The quantitative estimate of drug-likeness (QED) is 0.554. The van der Waals surface area contributed by atoms with Gasteiger partial charge < -0.3 is 9.47 Å². The van der Waals surface area contributed by atoms with Crippen LogP contribution >= 0.6 is 0 Å². The fourth-order valence-corrected chi connectivity index (χ4v) is 2.82. The molecule has 0 fully saturated rings. The minimum absolute atomic E-state index is 0.0660.